The molecule has 14 heavy (non-hydrogen) atoms. The van der Waals surface area contributed by atoms with E-state index in [0.29, 0.717) is 13.1 Å². The Morgan fingerprint density at radius 3 is 2.29 bits per heavy atom. The molecule has 0 aliphatic rings. The molecule has 0 spiro atoms. The third kappa shape index (κ3) is 3.64. The Morgan fingerprint density at radius 2 is 2.00 bits per heavy atom. The van der Waals surface area contributed by atoms with Crippen LogP contribution in [0.5, 0.6) is 0 Å². The van der Waals surface area contributed by atoms with E-state index >= 15 is 0 Å². The number of hydrogen-bond donors (Lipinski definition) is 1. The molecule has 4 nitrogen and oxygen atoms in total. The Hall–Kier alpha value is -0.610. The molecule has 0 aromatic carbocycles. The summed E-state index contributed by atoms with van der Waals surface area (Å²) in [6, 6.07) is -0.756. The van der Waals surface area contributed by atoms with Crippen molar-refractivity contribution in [1.29, 1.82) is 0 Å². The minimum atomic E-state index is -0.756. The molecule has 4 heteroatoms. The van der Waals surface area contributed by atoms with Gasteiger partial charge in [-0.25, -0.2) is 5.73 Å². The van der Waals surface area contributed by atoms with Crippen molar-refractivity contribution in [2.45, 2.75) is 33.7 Å². The summed E-state index contributed by atoms with van der Waals surface area (Å²) in [5.74, 6) is -0.200. The SMILES string of the molecule is CCN(CCO)C(=O)C([NH])C(C)(C)C. The summed E-state index contributed by atoms with van der Waals surface area (Å²) in [7, 11) is 0. The minimum Gasteiger partial charge on any atom is -0.395 e. The lowest BCUT2D eigenvalue weighted by Gasteiger charge is -2.30. The van der Waals surface area contributed by atoms with Gasteiger partial charge in [0.05, 0.1) is 6.61 Å². The molecule has 0 heterocycles. The first-order valence-electron chi connectivity index (χ1n) is 4.95. The molecule has 2 N–H and O–H groups in total. The molecule has 0 saturated carbocycles. The van der Waals surface area contributed by atoms with Gasteiger partial charge in [-0.1, -0.05) is 20.8 Å². The first-order chi connectivity index (χ1) is 6.34. The van der Waals surface area contributed by atoms with Crippen LogP contribution in [-0.4, -0.2) is 41.7 Å². The molecule has 0 aliphatic heterocycles. The van der Waals surface area contributed by atoms with E-state index in [1.807, 2.05) is 27.7 Å². The molecule has 1 atom stereocenters. The summed E-state index contributed by atoms with van der Waals surface area (Å²) in [6.45, 7) is 8.28. The van der Waals surface area contributed by atoms with Crippen LogP contribution < -0.4 is 5.73 Å². The minimum absolute atomic E-state index is 0.0452. The number of carbonyl (C=O) groups excluding carboxylic acids is 1. The Bertz CT molecular complexity index is 187. The molecular formula is C10H21N2O2. The van der Waals surface area contributed by atoms with Crippen LogP contribution in [0.4, 0.5) is 0 Å². The molecule has 83 valence electrons. The van der Waals surface area contributed by atoms with Crippen LogP contribution in [0.1, 0.15) is 27.7 Å². The molecule has 0 aliphatic carbocycles. The Kier molecular flexibility index (Phi) is 5.08. The maximum absolute atomic E-state index is 11.7. The fourth-order valence-electron chi connectivity index (χ4n) is 1.10. The number of amides is 1. The second-order valence-corrected chi connectivity index (χ2v) is 4.44. The third-order valence-electron chi connectivity index (χ3n) is 2.18. The van der Waals surface area contributed by atoms with Crippen molar-refractivity contribution in [1.82, 2.24) is 10.6 Å². The second-order valence-electron chi connectivity index (χ2n) is 4.44. The molecular weight excluding hydrogens is 180 g/mol. The van der Waals surface area contributed by atoms with Crippen LogP contribution in [0.15, 0.2) is 0 Å². The lowest BCUT2D eigenvalue weighted by molar-refractivity contribution is -0.135. The van der Waals surface area contributed by atoms with Gasteiger partial charge in [-0.2, -0.15) is 0 Å². The molecule has 1 unspecified atom stereocenters. The van der Waals surface area contributed by atoms with Crippen molar-refractivity contribution in [2.75, 3.05) is 19.7 Å². The summed E-state index contributed by atoms with van der Waals surface area (Å²) in [5.41, 5.74) is 7.42. The lowest BCUT2D eigenvalue weighted by atomic mass is 9.86. The highest BCUT2D eigenvalue weighted by Crippen LogP contribution is 2.20. The Morgan fingerprint density at radius 1 is 1.50 bits per heavy atom. The number of aliphatic hydroxyl groups is 1. The maximum atomic E-state index is 11.7. The highest BCUT2D eigenvalue weighted by Gasteiger charge is 2.30. The quantitative estimate of drug-likeness (QED) is 0.721. The molecule has 1 radical (unpaired) electrons. The van der Waals surface area contributed by atoms with E-state index in [2.05, 4.69) is 0 Å². The van der Waals surface area contributed by atoms with Gasteiger partial charge < -0.3 is 10.0 Å². The van der Waals surface area contributed by atoms with Gasteiger partial charge in [-0.3, -0.25) is 4.79 Å². The zero-order chi connectivity index (χ0) is 11.4. The largest absolute Gasteiger partial charge is 0.395 e. The normalized spacial score (nSPS) is 13.9. The van der Waals surface area contributed by atoms with Gasteiger partial charge in [0, 0.05) is 13.1 Å². The van der Waals surface area contributed by atoms with Gasteiger partial charge in [-0.05, 0) is 12.3 Å². The maximum Gasteiger partial charge on any atom is 0.241 e. The van der Waals surface area contributed by atoms with Crippen molar-refractivity contribution in [3.63, 3.8) is 0 Å². The van der Waals surface area contributed by atoms with Crippen molar-refractivity contribution in [3.8, 4) is 0 Å². The highest BCUT2D eigenvalue weighted by molar-refractivity contribution is 5.82. The number of likely N-dealkylation sites (N-methyl/N-ethyl adjacent to an activating group) is 1. The predicted molar refractivity (Wildman–Crippen MR) is 55.7 cm³/mol. The lowest BCUT2D eigenvalue weighted by Crippen LogP contribution is -2.47. The topological polar surface area (TPSA) is 64.3 Å². The fourth-order valence-corrected chi connectivity index (χ4v) is 1.10. The third-order valence-corrected chi connectivity index (χ3v) is 2.18. The van der Waals surface area contributed by atoms with Crippen LogP contribution in [0.25, 0.3) is 0 Å². The number of nitrogens with zero attached hydrogens (tertiary/aromatic N) is 1. The summed E-state index contributed by atoms with van der Waals surface area (Å²) in [4.78, 5) is 13.3. The summed E-state index contributed by atoms with van der Waals surface area (Å²) < 4.78 is 0. The van der Waals surface area contributed by atoms with Gasteiger partial charge in [0.15, 0.2) is 0 Å². The van der Waals surface area contributed by atoms with E-state index in [0.717, 1.165) is 0 Å². The number of aliphatic hydroxyl groups excluding tert-OH is 1. The zero-order valence-electron chi connectivity index (χ0n) is 9.50. The monoisotopic (exact) mass is 201 g/mol. The summed E-state index contributed by atoms with van der Waals surface area (Å²) in [6.07, 6.45) is 0. The van der Waals surface area contributed by atoms with E-state index in [-0.39, 0.29) is 17.9 Å². The van der Waals surface area contributed by atoms with Crippen molar-refractivity contribution >= 4 is 5.91 Å². The first kappa shape index (κ1) is 13.4. The molecule has 0 aromatic heterocycles. The van der Waals surface area contributed by atoms with Crippen LogP contribution in [0.2, 0.25) is 0 Å². The molecule has 0 rings (SSSR count). The number of rotatable bonds is 4. The van der Waals surface area contributed by atoms with E-state index in [1.165, 1.54) is 4.90 Å². The van der Waals surface area contributed by atoms with Gasteiger partial charge in [-0.15, -0.1) is 0 Å². The zero-order valence-corrected chi connectivity index (χ0v) is 9.50. The second kappa shape index (κ2) is 5.32. The van der Waals surface area contributed by atoms with Gasteiger partial charge >= 0.3 is 0 Å². The van der Waals surface area contributed by atoms with Gasteiger partial charge in [0.2, 0.25) is 5.91 Å². The van der Waals surface area contributed by atoms with Crippen LogP contribution in [-0.2, 0) is 4.79 Å². The molecule has 0 saturated heterocycles. The molecule has 0 fully saturated rings. The van der Waals surface area contributed by atoms with Gasteiger partial charge in [0.1, 0.15) is 6.04 Å². The number of carbonyl (C=O) groups is 1. The van der Waals surface area contributed by atoms with Crippen molar-refractivity contribution < 1.29 is 9.90 Å². The Balaban J connectivity index is 4.42. The predicted octanol–water partition coefficient (Wildman–Crippen LogP) is 0.525. The molecule has 0 aromatic rings. The Labute approximate surface area is 86.1 Å². The number of hydrogen-bond acceptors (Lipinski definition) is 2. The number of nitrogens with one attached hydrogen (secondary N) is 1. The first-order valence-corrected chi connectivity index (χ1v) is 4.95. The van der Waals surface area contributed by atoms with E-state index in [9.17, 15) is 4.79 Å². The standard InChI is InChI=1S/C10H21N2O2/c1-5-12(6-7-13)9(14)8(11)10(2,3)4/h8,11,13H,5-7H2,1-4H3. The van der Waals surface area contributed by atoms with E-state index < -0.39 is 6.04 Å². The highest BCUT2D eigenvalue weighted by atomic mass is 16.3. The summed E-state index contributed by atoms with van der Waals surface area (Å²) >= 11 is 0. The van der Waals surface area contributed by atoms with E-state index in [4.69, 9.17) is 10.8 Å². The summed E-state index contributed by atoms with van der Waals surface area (Å²) in [5, 5.41) is 8.75. The van der Waals surface area contributed by atoms with E-state index in [1.54, 1.807) is 0 Å². The average molecular weight is 201 g/mol. The average Bonchev–Trinajstić information content (AvgIpc) is 2.10. The fraction of sp³-hybridized carbons (Fsp3) is 0.900. The smallest absolute Gasteiger partial charge is 0.241 e. The van der Waals surface area contributed by atoms with Gasteiger partial charge in [0.25, 0.3) is 0 Å². The van der Waals surface area contributed by atoms with Crippen molar-refractivity contribution in [2.24, 2.45) is 5.41 Å². The van der Waals surface area contributed by atoms with Crippen LogP contribution in [0.3, 0.4) is 0 Å². The van der Waals surface area contributed by atoms with Crippen LogP contribution >= 0.6 is 0 Å². The van der Waals surface area contributed by atoms with Crippen molar-refractivity contribution in [3.05, 3.63) is 0 Å². The molecule has 1 amide bonds. The van der Waals surface area contributed by atoms with Crippen LogP contribution in [0, 0.1) is 5.41 Å². The molecule has 0 bridgehead atoms.